The van der Waals surface area contributed by atoms with Crippen LogP contribution >= 0.6 is 27.5 Å². The summed E-state index contributed by atoms with van der Waals surface area (Å²) in [6, 6.07) is 5.63. The van der Waals surface area contributed by atoms with Gasteiger partial charge < -0.3 is 5.32 Å². The van der Waals surface area contributed by atoms with Crippen LogP contribution in [0, 0.1) is 17.5 Å². The minimum absolute atomic E-state index is 0.0464. The van der Waals surface area contributed by atoms with Crippen molar-refractivity contribution in [1.82, 2.24) is 0 Å². The fraction of sp³-hybridized carbons (Fsp3) is 0. The quantitative estimate of drug-likeness (QED) is 0.764. The summed E-state index contributed by atoms with van der Waals surface area (Å²) >= 11 is 9.04. The van der Waals surface area contributed by atoms with Crippen LogP contribution in [0.25, 0.3) is 0 Å². The molecule has 0 atom stereocenters. The van der Waals surface area contributed by atoms with Crippen molar-refractivity contribution < 1.29 is 18.0 Å². The van der Waals surface area contributed by atoms with Crippen molar-refractivity contribution in [3.63, 3.8) is 0 Å². The van der Waals surface area contributed by atoms with E-state index in [1.165, 1.54) is 6.07 Å². The molecule has 0 aliphatic heterocycles. The summed E-state index contributed by atoms with van der Waals surface area (Å²) in [6.45, 7) is 0. The van der Waals surface area contributed by atoms with Gasteiger partial charge >= 0.3 is 0 Å². The number of hydrogen-bond donors (Lipinski definition) is 1. The summed E-state index contributed by atoms with van der Waals surface area (Å²) in [5.41, 5.74) is -0.548. The molecule has 0 spiro atoms. The third-order valence-corrected chi connectivity index (χ3v) is 3.73. The van der Waals surface area contributed by atoms with Gasteiger partial charge in [0.05, 0.1) is 16.3 Å². The number of benzene rings is 2. The molecule has 20 heavy (non-hydrogen) atoms. The second-order valence-corrected chi connectivity index (χ2v) is 5.04. The van der Waals surface area contributed by atoms with Gasteiger partial charge in [-0.05, 0) is 28.1 Å². The number of rotatable bonds is 2. The van der Waals surface area contributed by atoms with Gasteiger partial charge in [0.25, 0.3) is 5.91 Å². The number of nitrogens with one attached hydrogen (secondary N) is 1. The van der Waals surface area contributed by atoms with Crippen LogP contribution in [0.15, 0.2) is 34.8 Å². The lowest BCUT2D eigenvalue weighted by molar-refractivity contribution is 0.102. The van der Waals surface area contributed by atoms with Crippen LogP contribution in [-0.4, -0.2) is 5.91 Å². The molecule has 0 saturated heterocycles. The molecule has 0 aromatic heterocycles. The molecule has 1 N–H and O–H groups in total. The summed E-state index contributed by atoms with van der Waals surface area (Å²) in [5, 5.41) is 2.19. The molecule has 0 heterocycles. The lowest BCUT2D eigenvalue weighted by atomic mass is 10.2. The number of amides is 1. The van der Waals surface area contributed by atoms with Crippen LogP contribution in [0.4, 0.5) is 18.9 Å². The summed E-state index contributed by atoms with van der Waals surface area (Å²) in [5.74, 6) is -4.51. The molecular weight excluding hydrogens is 358 g/mol. The molecule has 0 aliphatic carbocycles. The van der Waals surface area contributed by atoms with Crippen molar-refractivity contribution in [1.29, 1.82) is 0 Å². The van der Waals surface area contributed by atoms with Gasteiger partial charge in [-0.1, -0.05) is 17.7 Å². The van der Waals surface area contributed by atoms with E-state index in [-0.39, 0.29) is 10.6 Å². The topological polar surface area (TPSA) is 29.1 Å². The van der Waals surface area contributed by atoms with Crippen LogP contribution < -0.4 is 5.32 Å². The first kappa shape index (κ1) is 14.9. The van der Waals surface area contributed by atoms with Crippen molar-refractivity contribution in [2.24, 2.45) is 0 Å². The zero-order chi connectivity index (χ0) is 14.9. The molecule has 2 aromatic carbocycles. The molecule has 2 rings (SSSR count). The SMILES string of the molecule is O=C(Nc1cc(F)cc(F)c1F)c1cccc(Br)c1Cl. The number of carbonyl (C=O) groups excluding carboxylic acids is 1. The number of halogens is 5. The lowest BCUT2D eigenvalue weighted by Crippen LogP contribution is -2.14. The molecule has 0 fully saturated rings. The predicted octanol–water partition coefficient (Wildman–Crippen LogP) is 4.77. The fourth-order valence-corrected chi connectivity index (χ4v) is 2.09. The molecule has 0 unspecified atom stereocenters. The Bertz CT molecular complexity index is 694. The molecule has 2 nitrogen and oxygen atoms in total. The smallest absolute Gasteiger partial charge is 0.257 e. The van der Waals surface area contributed by atoms with E-state index < -0.39 is 29.0 Å². The molecule has 0 saturated carbocycles. The predicted molar refractivity (Wildman–Crippen MR) is 73.4 cm³/mol. The Morgan fingerprint density at radius 1 is 1.20 bits per heavy atom. The van der Waals surface area contributed by atoms with E-state index in [9.17, 15) is 18.0 Å². The second kappa shape index (κ2) is 5.85. The maximum Gasteiger partial charge on any atom is 0.257 e. The molecule has 2 aromatic rings. The Morgan fingerprint density at radius 3 is 2.60 bits per heavy atom. The zero-order valence-electron chi connectivity index (χ0n) is 9.68. The summed E-state index contributed by atoms with van der Waals surface area (Å²) < 4.78 is 40.0. The zero-order valence-corrected chi connectivity index (χ0v) is 12.0. The highest BCUT2D eigenvalue weighted by Gasteiger charge is 2.17. The van der Waals surface area contributed by atoms with Crippen molar-refractivity contribution in [3.8, 4) is 0 Å². The van der Waals surface area contributed by atoms with Crippen LogP contribution in [0.3, 0.4) is 0 Å². The van der Waals surface area contributed by atoms with Crippen molar-refractivity contribution >= 4 is 39.1 Å². The fourth-order valence-electron chi connectivity index (χ4n) is 1.52. The average Bonchev–Trinajstić information content (AvgIpc) is 2.38. The van der Waals surface area contributed by atoms with E-state index in [1.807, 2.05) is 0 Å². The van der Waals surface area contributed by atoms with Gasteiger partial charge in [-0.15, -0.1) is 0 Å². The molecular formula is C13H6BrClF3NO. The number of hydrogen-bond acceptors (Lipinski definition) is 1. The minimum Gasteiger partial charge on any atom is -0.319 e. The normalized spacial score (nSPS) is 10.4. The highest BCUT2D eigenvalue weighted by molar-refractivity contribution is 9.10. The van der Waals surface area contributed by atoms with Crippen LogP contribution in [0.2, 0.25) is 5.02 Å². The van der Waals surface area contributed by atoms with Gasteiger partial charge in [-0.3, -0.25) is 4.79 Å². The van der Waals surface area contributed by atoms with Gasteiger partial charge in [0, 0.05) is 16.6 Å². The van der Waals surface area contributed by atoms with E-state index >= 15 is 0 Å². The molecule has 0 radical (unpaired) electrons. The Hall–Kier alpha value is -1.53. The largest absolute Gasteiger partial charge is 0.319 e. The molecule has 7 heteroatoms. The Labute approximate surface area is 125 Å². The summed E-state index contributed by atoms with van der Waals surface area (Å²) in [6.07, 6.45) is 0. The monoisotopic (exact) mass is 363 g/mol. The Balaban J connectivity index is 2.35. The maximum absolute atomic E-state index is 13.4. The van der Waals surface area contributed by atoms with E-state index in [0.29, 0.717) is 16.6 Å². The van der Waals surface area contributed by atoms with Gasteiger partial charge in [-0.2, -0.15) is 0 Å². The summed E-state index contributed by atoms with van der Waals surface area (Å²) in [7, 11) is 0. The Kier molecular flexibility index (Phi) is 4.35. The van der Waals surface area contributed by atoms with E-state index in [2.05, 4.69) is 21.2 Å². The van der Waals surface area contributed by atoms with Crippen LogP contribution in [-0.2, 0) is 0 Å². The van der Waals surface area contributed by atoms with E-state index in [1.54, 1.807) is 12.1 Å². The molecule has 0 bridgehead atoms. The first-order valence-electron chi connectivity index (χ1n) is 5.30. The maximum atomic E-state index is 13.4. The van der Waals surface area contributed by atoms with Gasteiger partial charge in [0.1, 0.15) is 5.82 Å². The first-order chi connectivity index (χ1) is 9.40. The van der Waals surface area contributed by atoms with Crippen molar-refractivity contribution in [2.45, 2.75) is 0 Å². The standard InChI is InChI=1S/C13H6BrClF3NO/c14-8-3-1-2-7(11(8)15)13(20)19-10-5-6(16)4-9(17)12(10)18/h1-5H,(H,19,20). The third kappa shape index (κ3) is 2.96. The molecule has 0 aliphatic rings. The molecule has 1 amide bonds. The van der Waals surface area contributed by atoms with Crippen LogP contribution in [0.5, 0.6) is 0 Å². The highest BCUT2D eigenvalue weighted by Crippen LogP contribution is 2.27. The molecule has 104 valence electrons. The number of anilines is 1. The average molecular weight is 365 g/mol. The first-order valence-corrected chi connectivity index (χ1v) is 6.47. The second-order valence-electron chi connectivity index (χ2n) is 3.80. The van der Waals surface area contributed by atoms with Gasteiger partial charge in [-0.25, -0.2) is 13.2 Å². The van der Waals surface area contributed by atoms with E-state index in [0.717, 1.165) is 0 Å². The van der Waals surface area contributed by atoms with Crippen molar-refractivity contribution in [2.75, 3.05) is 5.32 Å². The Morgan fingerprint density at radius 2 is 1.90 bits per heavy atom. The van der Waals surface area contributed by atoms with Gasteiger partial charge in [0.15, 0.2) is 11.6 Å². The summed E-state index contributed by atoms with van der Waals surface area (Å²) in [4.78, 5) is 11.9. The number of carbonyl (C=O) groups is 1. The highest BCUT2D eigenvalue weighted by atomic mass is 79.9. The van der Waals surface area contributed by atoms with E-state index in [4.69, 9.17) is 11.6 Å². The minimum atomic E-state index is -1.39. The third-order valence-electron chi connectivity index (χ3n) is 2.44. The lowest BCUT2D eigenvalue weighted by Gasteiger charge is -2.09. The van der Waals surface area contributed by atoms with Crippen LogP contribution in [0.1, 0.15) is 10.4 Å². The van der Waals surface area contributed by atoms with Crippen molar-refractivity contribution in [3.05, 3.63) is 62.8 Å². The van der Waals surface area contributed by atoms with Gasteiger partial charge in [0.2, 0.25) is 0 Å².